The molecule has 0 amide bonds. The van der Waals surface area contributed by atoms with E-state index in [9.17, 15) is 14.7 Å². The van der Waals surface area contributed by atoms with Crippen LogP contribution in [0.3, 0.4) is 0 Å². The van der Waals surface area contributed by atoms with Crippen LogP contribution in [-0.2, 0) is 17.6 Å². The molecule has 0 atom stereocenters. The van der Waals surface area contributed by atoms with Gasteiger partial charge < -0.3 is 23.8 Å². The number of benzene rings is 1. The third-order valence-corrected chi connectivity index (χ3v) is 4.63. The highest BCUT2D eigenvalue weighted by Gasteiger charge is 2.30. The van der Waals surface area contributed by atoms with Crippen LogP contribution in [-0.4, -0.2) is 18.2 Å². The van der Waals surface area contributed by atoms with Gasteiger partial charge >= 0.3 is 5.63 Å². The van der Waals surface area contributed by atoms with Gasteiger partial charge in [0.25, 0.3) is 0 Å². The molecule has 0 radical (unpaired) electrons. The van der Waals surface area contributed by atoms with Crippen molar-refractivity contribution in [3.63, 3.8) is 0 Å². The molecule has 140 valence electrons. The minimum Gasteiger partial charge on any atom is -0.546 e. The summed E-state index contributed by atoms with van der Waals surface area (Å²) in [5.41, 5.74) is 1.29. The Morgan fingerprint density at radius 1 is 1.35 bits per heavy atom. The molecule has 26 heavy (non-hydrogen) atoms. The van der Waals surface area contributed by atoms with Crippen molar-refractivity contribution < 1.29 is 23.8 Å². The van der Waals surface area contributed by atoms with Gasteiger partial charge in [0, 0.05) is 17.7 Å². The Kier molecular flexibility index (Phi) is 4.94. The normalized spacial score (nSPS) is 15.3. The SMILES string of the molecule is CCCCc1cc(=O)oc2c3c(cc(OCC(=O)[O-])c12)OC(C)(C)CC3. The second kappa shape index (κ2) is 7.02. The lowest BCUT2D eigenvalue weighted by Gasteiger charge is -2.33. The van der Waals surface area contributed by atoms with Gasteiger partial charge in [-0.3, -0.25) is 0 Å². The lowest BCUT2D eigenvalue weighted by Crippen LogP contribution is -2.33. The quantitative estimate of drug-likeness (QED) is 0.736. The number of ether oxygens (including phenoxy) is 2. The van der Waals surface area contributed by atoms with E-state index in [0.717, 1.165) is 30.4 Å². The van der Waals surface area contributed by atoms with Crippen LogP contribution < -0.4 is 20.2 Å². The fourth-order valence-electron chi connectivity index (χ4n) is 3.33. The number of aliphatic carboxylic acids is 1. The predicted molar refractivity (Wildman–Crippen MR) is 94.6 cm³/mol. The van der Waals surface area contributed by atoms with Gasteiger partial charge in [-0.2, -0.15) is 0 Å². The molecule has 1 aliphatic heterocycles. The molecule has 0 aliphatic carbocycles. The highest BCUT2D eigenvalue weighted by molar-refractivity contribution is 5.91. The van der Waals surface area contributed by atoms with Crippen LogP contribution in [0.5, 0.6) is 11.5 Å². The molecule has 0 unspecified atom stereocenters. The van der Waals surface area contributed by atoms with Crippen molar-refractivity contribution in [2.75, 3.05) is 6.61 Å². The van der Waals surface area contributed by atoms with Crippen molar-refractivity contribution >= 4 is 16.9 Å². The first-order chi connectivity index (χ1) is 12.3. The molecular weight excluding hydrogens is 336 g/mol. The molecule has 0 bridgehead atoms. The van der Waals surface area contributed by atoms with Gasteiger partial charge in [0.2, 0.25) is 0 Å². The second-order valence-electron chi connectivity index (χ2n) is 7.27. The summed E-state index contributed by atoms with van der Waals surface area (Å²) in [6, 6.07) is 3.17. The van der Waals surface area contributed by atoms with E-state index in [1.165, 1.54) is 6.07 Å². The Morgan fingerprint density at radius 3 is 2.81 bits per heavy atom. The minimum atomic E-state index is -1.32. The molecule has 2 aromatic rings. The molecule has 0 spiro atoms. The average molecular weight is 359 g/mol. The van der Waals surface area contributed by atoms with Crippen molar-refractivity contribution in [3.05, 3.63) is 33.7 Å². The van der Waals surface area contributed by atoms with E-state index < -0.39 is 18.2 Å². The van der Waals surface area contributed by atoms with Gasteiger partial charge in [0.05, 0.1) is 11.4 Å². The fourth-order valence-corrected chi connectivity index (χ4v) is 3.33. The zero-order valence-electron chi connectivity index (χ0n) is 15.3. The minimum absolute atomic E-state index is 0.343. The largest absolute Gasteiger partial charge is 0.546 e. The molecule has 0 saturated carbocycles. The summed E-state index contributed by atoms with van der Waals surface area (Å²) in [6.07, 6.45) is 4.06. The molecule has 6 heteroatoms. The van der Waals surface area contributed by atoms with Crippen LogP contribution in [0.2, 0.25) is 0 Å². The highest BCUT2D eigenvalue weighted by Crippen LogP contribution is 2.43. The van der Waals surface area contributed by atoms with Gasteiger partial charge in [0.1, 0.15) is 29.3 Å². The molecule has 1 aromatic carbocycles. The number of unbranched alkanes of at least 4 members (excludes halogenated alkanes) is 1. The van der Waals surface area contributed by atoms with Gasteiger partial charge in [-0.1, -0.05) is 13.3 Å². The number of aryl methyl sites for hydroxylation is 2. The number of rotatable bonds is 6. The van der Waals surface area contributed by atoms with Crippen LogP contribution in [0.4, 0.5) is 0 Å². The number of carbonyl (C=O) groups excluding carboxylic acids is 1. The van der Waals surface area contributed by atoms with Crippen molar-refractivity contribution in [3.8, 4) is 11.5 Å². The molecule has 2 heterocycles. The Labute approximate surface area is 151 Å². The first-order valence-corrected chi connectivity index (χ1v) is 8.95. The van der Waals surface area contributed by atoms with E-state index in [2.05, 4.69) is 6.92 Å². The number of carboxylic acids is 1. The van der Waals surface area contributed by atoms with Crippen molar-refractivity contribution in [2.45, 2.75) is 58.5 Å². The van der Waals surface area contributed by atoms with Crippen molar-refractivity contribution in [1.82, 2.24) is 0 Å². The van der Waals surface area contributed by atoms with E-state index in [0.29, 0.717) is 35.3 Å². The number of hydrogen-bond acceptors (Lipinski definition) is 6. The predicted octanol–water partition coefficient (Wildman–Crippen LogP) is 2.37. The number of carbonyl (C=O) groups is 1. The van der Waals surface area contributed by atoms with Crippen molar-refractivity contribution in [1.29, 1.82) is 0 Å². The van der Waals surface area contributed by atoms with Crippen molar-refractivity contribution in [2.24, 2.45) is 0 Å². The Balaban J connectivity index is 2.23. The van der Waals surface area contributed by atoms with Gasteiger partial charge in [-0.15, -0.1) is 0 Å². The summed E-state index contributed by atoms with van der Waals surface area (Å²) in [7, 11) is 0. The lowest BCUT2D eigenvalue weighted by molar-refractivity contribution is -0.307. The van der Waals surface area contributed by atoms with Crippen LogP contribution in [0.25, 0.3) is 11.0 Å². The Hall–Kier alpha value is -2.50. The first kappa shape index (κ1) is 18.3. The van der Waals surface area contributed by atoms with E-state index in [1.807, 2.05) is 13.8 Å². The second-order valence-corrected chi connectivity index (χ2v) is 7.27. The summed E-state index contributed by atoms with van der Waals surface area (Å²) in [6.45, 7) is 5.45. The van der Waals surface area contributed by atoms with Crippen LogP contribution in [0.15, 0.2) is 21.3 Å². The van der Waals surface area contributed by atoms with E-state index in [1.54, 1.807) is 6.07 Å². The number of fused-ring (bicyclic) bond motifs is 3. The van der Waals surface area contributed by atoms with Crippen LogP contribution >= 0.6 is 0 Å². The van der Waals surface area contributed by atoms with Gasteiger partial charge in [0.15, 0.2) is 0 Å². The standard InChI is InChI=1S/C20H24O6/c1-4-5-6-12-9-17(23)25-19-13-7-8-20(2,3)26-14(13)10-15(18(12)19)24-11-16(21)22/h9-10H,4-8,11H2,1-3H3,(H,21,22)/p-1. The topological polar surface area (TPSA) is 88.8 Å². The molecule has 0 saturated heterocycles. The zero-order valence-corrected chi connectivity index (χ0v) is 15.3. The number of hydrogen-bond donors (Lipinski definition) is 0. The summed E-state index contributed by atoms with van der Waals surface area (Å²) < 4.78 is 17.0. The van der Waals surface area contributed by atoms with Gasteiger partial charge in [-0.25, -0.2) is 4.79 Å². The van der Waals surface area contributed by atoms with E-state index in [4.69, 9.17) is 13.9 Å². The number of carboxylic acid groups (broad SMARTS) is 1. The monoisotopic (exact) mass is 359 g/mol. The molecule has 1 aliphatic rings. The first-order valence-electron chi connectivity index (χ1n) is 8.95. The average Bonchev–Trinajstić information content (AvgIpc) is 2.56. The highest BCUT2D eigenvalue weighted by atomic mass is 16.5. The maximum atomic E-state index is 12.1. The smallest absolute Gasteiger partial charge is 0.336 e. The summed E-state index contributed by atoms with van der Waals surface area (Å²) in [5, 5.41) is 11.5. The van der Waals surface area contributed by atoms with E-state index in [-0.39, 0.29) is 5.60 Å². The third kappa shape index (κ3) is 3.69. The zero-order chi connectivity index (χ0) is 18.9. The Morgan fingerprint density at radius 2 is 2.12 bits per heavy atom. The van der Waals surface area contributed by atoms with Crippen LogP contribution in [0, 0.1) is 0 Å². The third-order valence-electron chi connectivity index (χ3n) is 4.63. The molecule has 1 aromatic heterocycles. The van der Waals surface area contributed by atoms with Gasteiger partial charge in [-0.05, 0) is 45.1 Å². The maximum absolute atomic E-state index is 12.1. The fraction of sp³-hybridized carbons (Fsp3) is 0.500. The van der Waals surface area contributed by atoms with Crippen LogP contribution in [0.1, 0.15) is 51.2 Å². The Bertz CT molecular complexity index is 893. The maximum Gasteiger partial charge on any atom is 0.336 e. The lowest BCUT2D eigenvalue weighted by atomic mass is 9.91. The molecule has 3 rings (SSSR count). The summed E-state index contributed by atoms with van der Waals surface area (Å²) >= 11 is 0. The molecule has 0 N–H and O–H groups in total. The molecular formula is C20H23O6-. The summed E-state index contributed by atoms with van der Waals surface area (Å²) in [5.74, 6) is -0.405. The summed E-state index contributed by atoms with van der Waals surface area (Å²) in [4.78, 5) is 23.0. The molecule has 6 nitrogen and oxygen atoms in total. The molecule has 0 fully saturated rings. The van der Waals surface area contributed by atoms with E-state index >= 15 is 0 Å².